The first-order valence-electron chi connectivity index (χ1n) is 8.20. The van der Waals surface area contributed by atoms with Gasteiger partial charge in [-0.05, 0) is 49.6 Å². The van der Waals surface area contributed by atoms with Crippen LogP contribution in [0.4, 0.5) is 5.69 Å². The summed E-state index contributed by atoms with van der Waals surface area (Å²) in [6, 6.07) is 15.0. The van der Waals surface area contributed by atoms with Crippen molar-refractivity contribution in [3.8, 4) is 6.07 Å². The second-order valence-electron chi connectivity index (χ2n) is 5.99. The lowest BCUT2D eigenvalue weighted by Crippen LogP contribution is -2.39. The van der Waals surface area contributed by atoms with Crippen LogP contribution in [0.5, 0.6) is 0 Å². The smallest absolute Gasteiger partial charge is 0.259 e. The van der Waals surface area contributed by atoms with Gasteiger partial charge in [-0.25, -0.2) is 4.99 Å². The molecule has 2 aromatic rings. The number of amidine groups is 1. The fraction of sp³-hybridized carbons (Fsp3) is 0.250. The van der Waals surface area contributed by atoms with Crippen molar-refractivity contribution in [2.75, 3.05) is 12.3 Å². The Labute approximate surface area is 152 Å². The maximum absolute atomic E-state index is 13.0. The maximum atomic E-state index is 13.0. The van der Waals surface area contributed by atoms with Crippen LogP contribution in [-0.2, 0) is 0 Å². The number of amides is 1. The molecule has 0 atom stereocenters. The highest BCUT2D eigenvalue weighted by molar-refractivity contribution is 8.13. The SMILES string of the molecule is Cc1cccc(C)c1N=C1SCCCN1C(=O)c1cccc(C#N)c1. The average Bonchev–Trinajstić information content (AvgIpc) is 2.64. The number of carbonyl (C=O) groups is 1. The predicted octanol–water partition coefficient (Wildman–Crippen LogP) is 4.44. The van der Waals surface area contributed by atoms with E-state index in [1.165, 1.54) is 0 Å². The number of carbonyl (C=O) groups excluding carboxylic acids is 1. The lowest BCUT2D eigenvalue weighted by atomic mass is 10.1. The fourth-order valence-corrected chi connectivity index (χ4v) is 3.74. The van der Waals surface area contributed by atoms with Crippen molar-refractivity contribution in [1.82, 2.24) is 4.90 Å². The van der Waals surface area contributed by atoms with Crippen molar-refractivity contribution in [2.24, 2.45) is 4.99 Å². The third-order valence-corrected chi connectivity index (χ3v) is 5.18. The van der Waals surface area contributed by atoms with Crippen LogP contribution in [0.1, 0.15) is 33.5 Å². The summed E-state index contributed by atoms with van der Waals surface area (Å²) in [5.41, 5.74) is 4.13. The number of rotatable bonds is 2. The molecule has 0 bridgehead atoms. The average molecular weight is 349 g/mol. The molecular weight excluding hydrogens is 330 g/mol. The van der Waals surface area contributed by atoms with E-state index in [-0.39, 0.29) is 5.91 Å². The lowest BCUT2D eigenvalue weighted by molar-refractivity contribution is 0.0849. The van der Waals surface area contributed by atoms with Gasteiger partial charge in [0.2, 0.25) is 0 Å². The van der Waals surface area contributed by atoms with Crippen molar-refractivity contribution >= 4 is 28.5 Å². The van der Waals surface area contributed by atoms with Crippen LogP contribution in [0.25, 0.3) is 0 Å². The van der Waals surface area contributed by atoms with Gasteiger partial charge in [-0.2, -0.15) is 5.26 Å². The molecule has 1 heterocycles. The minimum absolute atomic E-state index is 0.103. The Hall–Kier alpha value is -2.58. The zero-order valence-corrected chi connectivity index (χ0v) is 15.1. The summed E-state index contributed by atoms with van der Waals surface area (Å²) in [4.78, 5) is 19.5. The summed E-state index contributed by atoms with van der Waals surface area (Å²) in [5, 5.41) is 9.79. The summed E-state index contributed by atoms with van der Waals surface area (Å²) in [6.45, 7) is 4.71. The second-order valence-corrected chi connectivity index (χ2v) is 7.05. The second kappa shape index (κ2) is 7.54. The van der Waals surface area contributed by atoms with E-state index < -0.39 is 0 Å². The zero-order valence-electron chi connectivity index (χ0n) is 14.3. The van der Waals surface area contributed by atoms with Gasteiger partial charge in [0.1, 0.15) is 0 Å². The maximum Gasteiger partial charge on any atom is 0.259 e. The van der Waals surface area contributed by atoms with Gasteiger partial charge in [0.05, 0.1) is 17.3 Å². The number of aliphatic imine (C=N–C) groups is 1. The number of hydrogen-bond donors (Lipinski definition) is 0. The monoisotopic (exact) mass is 349 g/mol. The molecule has 0 saturated carbocycles. The van der Waals surface area contributed by atoms with Gasteiger partial charge in [0, 0.05) is 17.9 Å². The van der Waals surface area contributed by atoms with E-state index in [1.807, 2.05) is 32.0 Å². The number of nitriles is 1. The molecule has 126 valence electrons. The highest BCUT2D eigenvalue weighted by Crippen LogP contribution is 2.28. The van der Waals surface area contributed by atoms with Crippen LogP contribution < -0.4 is 0 Å². The third-order valence-electron chi connectivity index (χ3n) is 4.12. The number of nitrogens with zero attached hydrogens (tertiary/aromatic N) is 3. The Balaban J connectivity index is 1.97. The van der Waals surface area contributed by atoms with E-state index in [1.54, 1.807) is 40.9 Å². The highest BCUT2D eigenvalue weighted by atomic mass is 32.2. The van der Waals surface area contributed by atoms with Crippen LogP contribution in [-0.4, -0.2) is 28.3 Å². The van der Waals surface area contributed by atoms with Crippen molar-refractivity contribution in [1.29, 1.82) is 5.26 Å². The quantitative estimate of drug-likeness (QED) is 0.805. The molecule has 0 spiro atoms. The topological polar surface area (TPSA) is 56.5 Å². The molecule has 3 rings (SSSR count). The molecule has 1 amide bonds. The van der Waals surface area contributed by atoms with E-state index in [4.69, 9.17) is 10.3 Å². The standard InChI is InChI=1S/C20H19N3OS/c1-14-6-3-7-15(2)18(14)22-20-23(10-5-11-25-20)19(24)17-9-4-8-16(12-17)13-21/h3-4,6-9,12H,5,10-11H2,1-2H3. The van der Waals surface area contributed by atoms with E-state index >= 15 is 0 Å². The number of para-hydroxylation sites is 1. The van der Waals surface area contributed by atoms with Crippen molar-refractivity contribution in [3.05, 3.63) is 64.7 Å². The van der Waals surface area contributed by atoms with Crippen molar-refractivity contribution in [2.45, 2.75) is 20.3 Å². The van der Waals surface area contributed by atoms with Gasteiger partial charge in [-0.15, -0.1) is 0 Å². The summed E-state index contributed by atoms with van der Waals surface area (Å²) in [7, 11) is 0. The third kappa shape index (κ3) is 3.75. The van der Waals surface area contributed by atoms with E-state index in [2.05, 4.69) is 6.07 Å². The summed E-state index contributed by atoms with van der Waals surface area (Å²) < 4.78 is 0. The van der Waals surface area contributed by atoms with Crippen LogP contribution in [0.2, 0.25) is 0 Å². The largest absolute Gasteiger partial charge is 0.287 e. The lowest BCUT2D eigenvalue weighted by Gasteiger charge is -2.28. The minimum Gasteiger partial charge on any atom is -0.287 e. The van der Waals surface area contributed by atoms with E-state index in [0.717, 1.165) is 34.2 Å². The molecule has 5 heteroatoms. The van der Waals surface area contributed by atoms with Crippen LogP contribution >= 0.6 is 11.8 Å². The molecule has 2 aromatic carbocycles. The Kier molecular flexibility index (Phi) is 5.20. The molecular formula is C20H19N3OS. The van der Waals surface area contributed by atoms with Crippen LogP contribution in [0.15, 0.2) is 47.5 Å². The summed E-state index contributed by atoms with van der Waals surface area (Å²) in [5.74, 6) is 0.848. The molecule has 0 N–H and O–H groups in total. The molecule has 25 heavy (non-hydrogen) atoms. The molecule has 0 aromatic heterocycles. The number of hydrogen-bond acceptors (Lipinski definition) is 4. The summed E-state index contributed by atoms with van der Waals surface area (Å²) in [6.07, 6.45) is 0.931. The Morgan fingerprint density at radius 3 is 2.64 bits per heavy atom. The van der Waals surface area contributed by atoms with Gasteiger partial charge in [0.25, 0.3) is 5.91 Å². The Bertz CT molecular complexity index is 863. The van der Waals surface area contributed by atoms with E-state index in [9.17, 15) is 4.79 Å². The molecule has 1 saturated heterocycles. The molecule has 0 radical (unpaired) electrons. The van der Waals surface area contributed by atoms with Crippen LogP contribution in [0.3, 0.4) is 0 Å². The molecule has 1 fully saturated rings. The summed E-state index contributed by atoms with van der Waals surface area (Å²) >= 11 is 1.61. The highest BCUT2D eigenvalue weighted by Gasteiger charge is 2.25. The molecule has 1 aliphatic heterocycles. The number of thioether (sulfide) groups is 1. The molecule has 1 aliphatic rings. The van der Waals surface area contributed by atoms with Crippen LogP contribution in [0, 0.1) is 25.2 Å². The van der Waals surface area contributed by atoms with Gasteiger partial charge in [0.15, 0.2) is 5.17 Å². The van der Waals surface area contributed by atoms with E-state index in [0.29, 0.717) is 17.7 Å². The van der Waals surface area contributed by atoms with Gasteiger partial charge in [-0.1, -0.05) is 36.0 Å². The Morgan fingerprint density at radius 2 is 1.92 bits per heavy atom. The molecule has 0 aliphatic carbocycles. The first-order chi connectivity index (χ1) is 12.1. The van der Waals surface area contributed by atoms with Gasteiger partial charge < -0.3 is 0 Å². The molecule has 4 nitrogen and oxygen atoms in total. The predicted molar refractivity (Wildman–Crippen MR) is 102 cm³/mol. The Morgan fingerprint density at radius 1 is 1.20 bits per heavy atom. The number of aryl methyl sites for hydroxylation is 2. The first kappa shape index (κ1) is 17.2. The zero-order chi connectivity index (χ0) is 17.8. The fourth-order valence-electron chi connectivity index (χ4n) is 2.80. The number of benzene rings is 2. The van der Waals surface area contributed by atoms with Crippen molar-refractivity contribution in [3.63, 3.8) is 0 Å². The van der Waals surface area contributed by atoms with Gasteiger partial charge in [-0.3, -0.25) is 9.69 Å². The van der Waals surface area contributed by atoms with Crippen molar-refractivity contribution < 1.29 is 4.79 Å². The molecule has 0 unspecified atom stereocenters. The minimum atomic E-state index is -0.103. The normalized spacial score (nSPS) is 15.9. The first-order valence-corrected chi connectivity index (χ1v) is 9.18. The van der Waals surface area contributed by atoms with Gasteiger partial charge >= 0.3 is 0 Å².